The monoisotopic (exact) mass is 425 g/mol. The molecule has 1 unspecified atom stereocenters. The Labute approximate surface area is 178 Å². The van der Waals surface area contributed by atoms with Crippen molar-refractivity contribution in [3.05, 3.63) is 43.0 Å². The number of thiazole rings is 1. The first-order chi connectivity index (χ1) is 14.1. The molecule has 2 N–H and O–H groups in total. The Hall–Kier alpha value is -2.65. The molecule has 0 fully saturated rings. The van der Waals surface area contributed by atoms with Gasteiger partial charge in [0.25, 0.3) is 0 Å². The molecule has 0 saturated carbocycles. The van der Waals surface area contributed by atoms with Gasteiger partial charge in [-0.15, -0.1) is 11.8 Å². The molecule has 9 heteroatoms. The summed E-state index contributed by atoms with van der Waals surface area (Å²) in [7, 11) is 1.93. The number of rotatable bonds is 8. The summed E-state index contributed by atoms with van der Waals surface area (Å²) in [5.74, 6) is 1.06. The number of fused-ring (bicyclic) bond motifs is 1. The molecular weight excluding hydrogens is 402 g/mol. The van der Waals surface area contributed by atoms with Gasteiger partial charge in [0.2, 0.25) is 5.95 Å². The predicted molar refractivity (Wildman–Crippen MR) is 122 cm³/mol. The first kappa shape index (κ1) is 19.7. The summed E-state index contributed by atoms with van der Waals surface area (Å²) >= 11 is 3.31. The number of anilines is 2. The van der Waals surface area contributed by atoms with Gasteiger partial charge in [0.05, 0.1) is 16.4 Å². The number of nitrogens with one attached hydrogen (secondary N) is 2. The molecule has 4 aromatic rings. The van der Waals surface area contributed by atoms with Crippen LogP contribution < -0.4 is 10.6 Å². The first-order valence-electron chi connectivity index (χ1n) is 9.34. The van der Waals surface area contributed by atoms with Gasteiger partial charge >= 0.3 is 0 Å². The van der Waals surface area contributed by atoms with Crippen LogP contribution in [0.5, 0.6) is 0 Å². The third kappa shape index (κ3) is 4.86. The van der Waals surface area contributed by atoms with Crippen molar-refractivity contribution < 1.29 is 0 Å². The molecule has 0 saturated heterocycles. The van der Waals surface area contributed by atoms with E-state index in [1.807, 2.05) is 42.8 Å². The highest BCUT2D eigenvalue weighted by Gasteiger charge is 2.09. The Kier molecular flexibility index (Phi) is 5.96. The van der Waals surface area contributed by atoms with E-state index in [4.69, 9.17) is 4.98 Å². The maximum atomic E-state index is 4.70. The second-order valence-electron chi connectivity index (χ2n) is 6.92. The third-order valence-electron chi connectivity index (χ3n) is 4.50. The van der Waals surface area contributed by atoms with Gasteiger partial charge in [0.15, 0.2) is 5.13 Å². The largest absolute Gasteiger partial charge is 0.361 e. The lowest BCUT2D eigenvalue weighted by Crippen LogP contribution is -2.20. The zero-order valence-corrected chi connectivity index (χ0v) is 18.2. The van der Waals surface area contributed by atoms with E-state index < -0.39 is 0 Å². The van der Waals surface area contributed by atoms with E-state index in [2.05, 4.69) is 50.8 Å². The summed E-state index contributed by atoms with van der Waals surface area (Å²) < 4.78 is 2.98. The molecule has 0 aliphatic carbocycles. The van der Waals surface area contributed by atoms with Crippen LogP contribution in [0.2, 0.25) is 0 Å². The molecule has 0 aliphatic rings. The minimum absolute atomic E-state index is 0.400. The number of hydrogen-bond donors (Lipinski definition) is 2. The van der Waals surface area contributed by atoms with Crippen molar-refractivity contribution in [3.8, 4) is 11.1 Å². The van der Waals surface area contributed by atoms with Crippen LogP contribution in [-0.2, 0) is 7.05 Å². The molecular formula is C20H23N7S2. The summed E-state index contributed by atoms with van der Waals surface area (Å²) in [6.45, 7) is 3.80. The zero-order valence-electron chi connectivity index (χ0n) is 16.6. The van der Waals surface area contributed by atoms with E-state index in [1.54, 1.807) is 23.1 Å². The van der Waals surface area contributed by atoms with Crippen molar-refractivity contribution >= 4 is 44.4 Å². The van der Waals surface area contributed by atoms with Crippen molar-refractivity contribution in [1.82, 2.24) is 24.7 Å². The van der Waals surface area contributed by atoms with Crippen molar-refractivity contribution in [2.45, 2.75) is 11.8 Å². The molecule has 3 aromatic heterocycles. The molecule has 0 aliphatic heterocycles. The van der Waals surface area contributed by atoms with Gasteiger partial charge in [-0.1, -0.05) is 24.3 Å². The first-order valence-corrected chi connectivity index (χ1v) is 11.4. The lowest BCUT2D eigenvalue weighted by Gasteiger charge is -2.13. The Morgan fingerprint density at radius 3 is 2.62 bits per heavy atom. The van der Waals surface area contributed by atoms with E-state index >= 15 is 0 Å². The number of nitrogens with zero attached hydrogens (tertiary/aromatic N) is 5. The standard InChI is InChI=1S/C20H23N7S2/c1-13(7-21-19-22-10-16(28-3)11-23-19)8-24-20-26-17-5-4-14(6-18(17)29-20)15-9-25-27(2)12-15/h4-6,9-13H,7-8H2,1-3H3,(H,24,26)(H,21,22,23). The Morgan fingerprint density at radius 2 is 1.90 bits per heavy atom. The summed E-state index contributed by atoms with van der Waals surface area (Å²) in [5, 5.41) is 11.9. The molecule has 1 aromatic carbocycles. The number of thioether (sulfide) groups is 1. The number of aryl methyl sites for hydroxylation is 1. The predicted octanol–water partition coefficient (Wildman–Crippen LogP) is 4.37. The Bertz CT molecular complexity index is 1090. The fraction of sp³-hybridized carbons (Fsp3) is 0.300. The molecule has 0 radical (unpaired) electrons. The average molecular weight is 426 g/mol. The molecule has 0 amide bonds. The minimum Gasteiger partial charge on any atom is -0.361 e. The van der Waals surface area contributed by atoms with E-state index in [0.29, 0.717) is 11.9 Å². The summed E-state index contributed by atoms with van der Waals surface area (Å²) in [6, 6.07) is 6.34. The van der Waals surface area contributed by atoms with Crippen molar-refractivity contribution in [2.24, 2.45) is 13.0 Å². The van der Waals surface area contributed by atoms with Crippen LogP contribution in [0.4, 0.5) is 11.1 Å². The molecule has 1 atom stereocenters. The molecule has 0 spiro atoms. The Morgan fingerprint density at radius 1 is 1.10 bits per heavy atom. The van der Waals surface area contributed by atoms with Crippen LogP contribution in [0.15, 0.2) is 47.9 Å². The molecule has 3 heterocycles. The number of aromatic nitrogens is 5. The van der Waals surface area contributed by atoms with Crippen molar-refractivity contribution in [3.63, 3.8) is 0 Å². The third-order valence-corrected chi connectivity index (χ3v) is 6.16. The van der Waals surface area contributed by atoms with Gasteiger partial charge < -0.3 is 10.6 Å². The van der Waals surface area contributed by atoms with Crippen LogP contribution in [0.25, 0.3) is 21.3 Å². The zero-order chi connectivity index (χ0) is 20.2. The summed E-state index contributed by atoms with van der Waals surface area (Å²) in [6.07, 6.45) is 9.59. The molecule has 7 nitrogen and oxygen atoms in total. The highest BCUT2D eigenvalue weighted by atomic mass is 32.2. The van der Waals surface area contributed by atoms with Gasteiger partial charge in [-0.25, -0.2) is 15.0 Å². The molecule has 150 valence electrons. The maximum absolute atomic E-state index is 4.70. The second-order valence-corrected chi connectivity index (χ2v) is 8.83. The smallest absolute Gasteiger partial charge is 0.222 e. The van der Waals surface area contributed by atoms with E-state index in [9.17, 15) is 0 Å². The highest BCUT2D eigenvalue weighted by molar-refractivity contribution is 7.98. The quantitative estimate of drug-likeness (QED) is 0.406. The molecule has 0 bridgehead atoms. The highest BCUT2D eigenvalue weighted by Crippen LogP contribution is 2.30. The lowest BCUT2D eigenvalue weighted by atomic mass is 10.1. The van der Waals surface area contributed by atoms with Crippen molar-refractivity contribution in [2.75, 3.05) is 30.0 Å². The summed E-state index contributed by atoms with van der Waals surface area (Å²) in [5.41, 5.74) is 3.29. The van der Waals surface area contributed by atoms with Gasteiger partial charge in [0, 0.05) is 49.2 Å². The van der Waals surface area contributed by atoms with Gasteiger partial charge in [-0.05, 0) is 29.9 Å². The second kappa shape index (κ2) is 8.79. The van der Waals surface area contributed by atoms with Crippen LogP contribution in [0.1, 0.15) is 6.92 Å². The molecule has 29 heavy (non-hydrogen) atoms. The van der Waals surface area contributed by atoms with Gasteiger partial charge in [-0.2, -0.15) is 5.10 Å². The van der Waals surface area contributed by atoms with E-state index in [1.165, 1.54) is 4.70 Å². The Balaban J connectivity index is 1.33. The fourth-order valence-electron chi connectivity index (χ4n) is 2.86. The number of benzene rings is 1. The van der Waals surface area contributed by atoms with Crippen LogP contribution in [-0.4, -0.2) is 44.1 Å². The van der Waals surface area contributed by atoms with Gasteiger partial charge in [0.1, 0.15) is 0 Å². The summed E-state index contributed by atoms with van der Waals surface area (Å²) in [4.78, 5) is 14.4. The average Bonchev–Trinajstić information content (AvgIpc) is 3.36. The van der Waals surface area contributed by atoms with Crippen LogP contribution in [0.3, 0.4) is 0 Å². The van der Waals surface area contributed by atoms with Crippen LogP contribution in [0, 0.1) is 5.92 Å². The SMILES string of the molecule is CSc1cnc(NCC(C)CNc2nc3ccc(-c4cnn(C)c4)cc3s2)nc1. The fourth-order valence-corrected chi connectivity index (χ4v) is 4.09. The van der Waals surface area contributed by atoms with Crippen LogP contribution >= 0.6 is 23.1 Å². The minimum atomic E-state index is 0.400. The lowest BCUT2D eigenvalue weighted by molar-refractivity contribution is 0.645. The van der Waals surface area contributed by atoms with E-state index in [0.717, 1.165) is 39.8 Å². The topological polar surface area (TPSA) is 80.5 Å². The molecule has 4 rings (SSSR count). The van der Waals surface area contributed by atoms with E-state index in [-0.39, 0.29) is 0 Å². The number of hydrogen-bond acceptors (Lipinski definition) is 8. The maximum Gasteiger partial charge on any atom is 0.222 e. The van der Waals surface area contributed by atoms with Crippen molar-refractivity contribution in [1.29, 1.82) is 0 Å². The van der Waals surface area contributed by atoms with Gasteiger partial charge in [-0.3, -0.25) is 4.68 Å². The normalized spacial score (nSPS) is 12.2.